The van der Waals surface area contributed by atoms with E-state index in [9.17, 15) is 4.79 Å². The minimum Gasteiger partial charge on any atom is -0.478 e. The van der Waals surface area contributed by atoms with Gasteiger partial charge < -0.3 is 9.84 Å². The van der Waals surface area contributed by atoms with Crippen LogP contribution in [0.25, 0.3) is 0 Å². The van der Waals surface area contributed by atoms with Crippen LogP contribution in [0.3, 0.4) is 0 Å². The fraction of sp³-hybridized carbons (Fsp3) is 0.500. The third-order valence-electron chi connectivity index (χ3n) is 2.00. The zero-order chi connectivity index (χ0) is 9.68. The number of carboxylic acids is 1. The number of carboxylic acid groups (broad SMARTS) is 1. The van der Waals surface area contributed by atoms with Crippen molar-refractivity contribution in [3.05, 3.63) is 23.3 Å². The van der Waals surface area contributed by atoms with Crippen molar-refractivity contribution in [3.8, 4) is 0 Å². The Hall–Kier alpha value is -1.09. The van der Waals surface area contributed by atoms with Gasteiger partial charge in [-0.25, -0.2) is 4.79 Å². The molecule has 0 amide bonds. The summed E-state index contributed by atoms with van der Waals surface area (Å²) in [5, 5.41) is 8.60. The molecular formula is C10H14O3. The van der Waals surface area contributed by atoms with Gasteiger partial charge in [-0.05, 0) is 24.0 Å². The van der Waals surface area contributed by atoms with Crippen LogP contribution < -0.4 is 0 Å². The smallest absolute Gasteiger partial charge is 0.328 e. The van der Waals surface area contributed by atoms with Crippen molar-refractivity contribution in [2.24, 2.45) is 0 Å². The van der Waals surface area contributed by atoms with E-state index in [0.29, 0.717) is 6.61 Å². The van der Waals surface area contributed by atoms with Gasteiger partial charge >= 0.3 is 5.97 Å². The van der Waals surface area contributed by atoms with E-state index in [-0.39, 0.29) is 0 Å². The van der Waals surface area contributed by atoms with Gasteiger partial charge in [0.1, 0.15) is 0 Å². The monoisotopic (exact) mass is 182 g/mol. The van der Waals surface area contributed by atoms with Gasteiger partial charge in [0.15, 0.2) is 0 Å². The van der Waals surface area contributed by atoms with Gasteiger partial charge in [-0.15, -0.1) is 0 Å². The van der Waals surface area contributed by atoms with Crippen molar-refractivity contribution >= 4 is 5.97 Å². The summed E-state index contributed by atoms with van der Waals surface area (Å²) in [6.45, 7) is 3.24. The summed E-state index contributed by atoms with van der Waals surface area (Å²) < 4.78 is 5.24. The van der Waals surface area contributed by atoms with Gasteiger partial charge in [0.25, 0.3) is 0 Å². The van der Waals surface area contributed by atoms with Crippen LogP contribution in [0.2, 0.25) is 0 Å². The van der Waals surface area contributed by atoms with Gasteiger partial charge in [0.2, 0.25) is 0 Å². The number of ether oxygens (including phenoxy) is 1. The van der Waals surface area contributed by atoms with Crippen LogP contribution in [0.15, 0.2) is 23.3 Å². The molecule has 0 aliphatic carbocycles. The first-order valence-electron chi connectivity index (χ1n) is 4.44. The number of carbonyl (C=O) groups is 1. The first-order valence-corrected chi connectivity index (χ1v) is 4.44. The highest BCUT2D eigenvalue weighted by Gasteiger charge is 2.08. The van der Waals surface area contributed by atoms with Crippen LogP contribution in [0.4, 0.5) is 0 Å². The normalized spacial score (nSPS) is 18.2. The van der Waals surface area contributed by atoms with Gasteiger partial charge in [-0.1, -0.05) is 13.0 Å². The molecule has 0 saturated heterocycles. The number of hydrogen-bond acceptors (Lipinski definition) is 2. The first kappa shape index (κ1) is 9.99. The SMILES string of the molecule is CC/C(=C\C(=O)O)C1=CCCOC1. The van der Waals surface area contributed by atoms with Gasteiger partial charge in [0, 0.05) is 6.08 Å². The molecule has 13 heavy (non-hydrogen) atoms. The summed E-state index contributed by atoms with van der Waals surface area (Å²) in [6.07, 6.45) is 4.94. The summed E-state index contributed by atoms with van der Waals surface area (Å²) in [6, 6.07) is 0. The quantitative estimate of drug-likeness (QED) is 0.676. The first-order chi connectivity index (χ1) is 6.24. The second-order valence-electron chi connectivity index (χ2n) is 2.93. The maximum atomic E-state index is 10.5. The van der Waals surface area contributed by atoms with Crippen LogP contribution in [0.5, 0.6) is 0 Å². The van der Waals surface area contributed by atoms with Crippen LogP contribution in [0.1, 0.15) is 19.8 Å². The molecule has 3 heteroatoms. The standard InChI is InChI=1S/C10H14O3/c1-2-8(6-10(11)12)9-4-3-5-13-7-9/h4,6H,2-3,5,7H2,1H3,(H,11,12)/b8-6+. The Balaban J connectivity index is 2.76. The highest BCUT2D eigenvalue weighted by atomic mass is 16.5. The predicted octanol–water partition coefficient (Wildman–Crippen LogP) is 1.75. The second kappa shape index (κ2) is 4.82. The zero-order valence-corrected chi connectivity index (χ0v) is 7.75. The van der Waals surface area contributed by atoms with Crippen molar-refractivity contribution < 1.29 is 14.6 Å². The lowest BCUT2D eigenvalue weighted by molar-refractivity contribution is -0.131. The van der Waals surface area contributed by atoms with Crippen LogP contribution >= 0.6 is 0 Å². The van der Waals surface area contributed by atoms with Crippen molar-refractivity contribution in [1.82, 2.24) is 0 Å². The van der Waals surface area contributed by atoms with Gasteiger partial charge in [0.05, 0.1) is 13.2 Å². The molecule has 0 radical (unpaired) electrons. The fourth-order valence-corrected chi connectivity index (χ4v) is 1.35. The molecule has 1 rings (SSSR count). The lowest BCUT2D eigenvalue weighted by Gasteiger charge is -2.15. The Morgan fingerprint density at radius 2 is 2.54 bits per heavy atom. The molecule has 72 valence electrons. The van der Waals surface area contributed by atoms with E-state index in [1.807, 2.05) is 6.92 Å². The maximum absolute atomic E-state index is 10.5. The van der Waals surface area contributed by atoms with Gasteiger partial charge in [-0.3, -0.25) is 0 Å². The summed E-state index contributed by atoms with van der Waals surface area (Å²) in [4.78, 5) is 10.5. The molecule has 1 heterocycles. The molecule has 0 bridgehead atoms. The highest BCUT2D eigenvalue weighted by Crippen LogP contribution is 2.18. The fourth-order valence-electron chi connectivity index (χ4n) is 1.35. The number of hydrogen-bond donors (Lipinski definition) is 1. The molecule has 0 fully saturated rings. The molecule has 0 spiro atoms. The van der Waals surface area contributed by atoms with Crippen LogP contribution in [-0.4, -0.2) is 24.3 Å². The average Bonchev–Trinajstić information content (AvgIpc) is 2.15. The van der Waals surface area contributed by atoms with E-state index in [1.54, 1.807) is 0 Å². The number of aliphatic carboxylic acids is 1. The lowest BCUT2D eigenvalue weighted by atomic mass is 10.0. The van der Waals surface area contributed by atoms with Crippen molar-refractivity contribution in [3.63, 3.8) is 0 Å². The highest BCUT2D eigenvalue weighted by molar-refractivity contribution is 5.81. The molecule has 0 unspecified atom stereocenters. The van der Waals surface area contributed by atoms with Crippen LogP contribution in [-0.2, 0) is 9.53 Å². The molecule has 0 atom stereocenters. The predicted molar refractivity (Wildman–Crippen MR) is 49.5 cm³/mol. The Morgan fingerprint density at radius 3 is 3.00 bits per heavy atom. The summed E-state index contributed by atoms with van der Waals surface area (Å²) >= 11 is 0. The third kappa shape index (κ3) is 3.03. The Bertz CT molecular complexity index is 251. The van der Waals surface area contributed by atoms with Gasteiger partial charge in [-0.2, -0.15) is 0 Å². The molecule has 0 aromatic carbocycles. The minimum absolute atomic E-state index is 0.549. The molecule has 0 aromatic rings. The molecule has 1 aliphatic heterocycles. The van der Waals surface area contributed by atoms with E-state index >= 15 is 0 Å². The number of rotatable bonds is 3. The van der Waals surface area contributed by atoms with Crippen LogP contribution in [0, 0.1) is 0 Å². The van der Waals surface area contributed by atoms with E-state index in [1.165, 1.54) is 6.08 Å². The van der Waals surface area contributed by atoms with Crippen molar-refractivity contribution in [1.29, 1.82) is 0 Å². The molecular weight excluding hydrogens is 168 g/mol. The average molecular weight is 182 g/mol. The molecule has 1 aliphatic rings. The summed E-state index contributed by atoms with van der Waals surface area (Å²) in [5.41, 5.74) is 1.89. The lowest BCUT2D eigenvalue weighted by Crippen LogP contribution is -2.08. The Kier molecular flexibility index (Phi) is 3.71. The van der Waals surface area contributed by atoms with E-state index in [0.717, 1.165) is 30.6 Å². The third-order valence-corrected chi connectivity index (χ3v) is 2.00. The molecule has 0 aromatic heterocycles. The minimum atomic E-state index is -0.886. The summed E-state index contributed by atoms with van der Waals surface area (Å²) in [7, 11) is 0. The molecule has 0 saturated carbocycles. The molecule has 3 nitrogen and oxygen atoms in total. The topological polar surface area (TPSA) is 46.5 Å². The van der Waals surface area contributed by atoms with Crippen molar-refractivity contribution in [2.75, 3.05) is 13.2 Å². The van der Waals surface area contributed by atoms with Crippen molar-refractivity contribution in [2.45, 2.75) is 19.8 Å². The van der Waals surface area contributed by atoms with E-state index in [2.05, 4.69) is 6.08 Å². The zero-order valence-electron chi connectivity index (χ0n) is 7.75. The Labute approximate surface area is 77.7 Å². The Morgan fingerprint density at radius 1 is 1.77 bits per heavy atom. The second-order valence-corrected chi connectivity index (χ2v) is 2.93. The molecule has 1 N–H and O–H groups in total. The maximum Gasteiger partial charge on any atom is 0.328 e. The largest absolute Gasteiger partial charge is 0.478 e. The van der Waals surface area contributed by atoms with E-state index in [4.69, 9.17) is 9.84 Å². The summed E-state index contributed by atoms with van der Waals surface area (Å²) in [5.74, 6) is -0.886. The van der Waals surface area contributed by atoms with E-state index < -0.39 is 5.97 Å².